The van der Waals surface area contributed by atoms with E-state index in [-0.39, 0.29) is 5.75 Å². The normalized spacial score (nSPS) is 12.4. The largest absolute Gasteiger partial charge is 0.287 e. The number of nitrogens with one attached hydrogen (secondary N) is 1. The molecule has 2 aromatic heterocycles. The first kappa shape index (κ1) is 14.1. The average Bonchev–Trinajstić information content (AvgIpc) is 2.84. The Bertz CT molecular complexity index is 823. The molecule has 0 bridgehead atoms. The van der Waals surface area contributed by atoms with Crippen LogP contribution in [0.2, 0.25) is 5.02 Å². The summed E-state index contributed by atoms with van der Waals surface area (Å²) in [4.78, 5) is 4.10. The van der Waals surface area contributed by atoms with Crippen molar-refractivity contribution in [1.82, 2.24) is 14.6 Å². The van der Waals surface area contributed by atoms with Crippen molar-refractivity contribution in [2.45, 2.75) is 5.75 Å². The summed E-state index contributed by atoms with van der Waals surface area (Å²) >= 11 is 6.06. The molecule has 104 valence electrons. The van der Waals surface area contributed by atoms with Crippen LogP contribution < -0.4 is 10.3 Å². The van der Waals surface area contributed by atoms with Gasteiger partial charge in [0.15, 0.2) is 5.82 Å². The van der Waals surface area contributed by atoms with Crippen molar-refractivity contribution in [2.24, 2.45) is 0 Å². The zero-order valence-corrected chi connectivity index (χ0v) is 12.4. The van der Waals surface area contributed by atoms with Gasteiger partial charge in [-0.25, -0.2) is 13.7 Å². The molecule has 1 atom stereocenters. The summed E-state index contributed by atoms with van der Waals surface area (Å²) < 4.78 is 16.6. The molecule has 3 aromatic rings. The van der Waals surface area contributed by atoms with Gasteiger partial charge in [0, 0.05) is 5.02 Å². The minimum atomic E-state index is -1.36. The number of rotatable bonds is 4. The van der Waals surface area contributed by atoms with E-state index in [2.05, 4.69) is 14.8 Å². The van der Waals surface area contributed by atoms with E-state index in [0.29, 0.717) is 22.0 Å². The van der Waals surface area contributed by atoms with Crippen LogP contribution in [-0.4, -0.2) is 26.7 Å². The summed E-state index contributed by atoms with van der Waals surface area (Å²) in [5.41, 5.74) is 1.97. The van der Waals surface area contributed by atoms with Crippen molar-refractivity contribution in [3.63, 3.8) is 0 Å². The lowest BCUT2D eigenvalue weighted by molar-refractivity contribution is 0.685. The van der Waals surface area contributed by atoms with Gasteiger partial charge in [-0.3, -0.25) is 4.72 Å². The maximum Gasteiger partial charge on any atom is 0.165 e. The van der Waals surface area contributed by atoms with Crippen LogP contribution in [0.15, 0.2) is 42.7 Å². The molecule has 0 aliphatic carbocycles. The van der Waals surface area contributed by atoms with E-state index in [1.165, 1.54) is 10.8 Å². The Balaban J connectivity index is 1.82. The summed E-state index contributed by atoms with van der Waals surface area (Å²) in [5.74, 6) is 0.749. The molecule has 1 unspecified atom stereocenters. The van der Waals surface area contributed by atoms with E-state index in [1.807, 2.05) is 18.2 Å². The van der Waals surface area contributed by atoms with Crippen LogP contribution in [-0.2, 0) is 16.7 Å². The Hall–Kier alpha value is -1.86. The fraction of sp³-hybridized carbons (Fsp3) is 0.0769. The maximum atomic E-state index is 12.2. The number of fused-ring (bicyclic) bond motifs is 1. The average molecular weight is 317 g/mol. The summed E-state index contributed by atoms with van der Waals surface area (Å²) in [6.45, 7) is 0. The van der Waals surface area contributed by atoms with Gasteiger partial charge in [-0.15, -0.1) is 0 Å². The summed E-state index contributed by atoms with van der Waals surface area (Å²) in [7, 11) is 4.41. The zero-order valence-electron chi connectivity index (χ0n) is 10.9. The van der Waals surface area contributed by atoms with E-state index in [1.54, 1.807) is 18.2 Å². The zero-order chi connectivity index (χ0) is 14.8. The van der Waals surface area contributed by atoms with Crippen LogP contribution in [0, 0.1) is 0 Å². The van der Waals surface area contributed by atoms with Gasteiger partial charge in [0.1, 0.15) is 30.7 Å². The molecule has 0 saturated carbocycles. The number of aromatic nitrogens is 3. The highest BCUT2D eigenvalue weighted by molar-refractivity contribution is 7.85. The molecular formula is C13H10BClN4OS. The molecule has 0 spiro atoms. The third-order valence-electron chi connectivity index (χ3n) is 2.94. The van der Waals surface area contributed by atoms with Crippen LogP contribution in [0.1, 0.15) is 5.56 Å². The van der Waals surface area contributed by atoms with Crippen molar-refractivity contribution in [1.29, 1.82) is 0 Å². The second-order valence-corrected chi connectivity index (χ2v) is 5.94. The van der Waals surface area contributed by atoms with Crippen LogP contribution in [0.3, 0.4) is 0 Å². The Morgan fingerprint density at radius 1 is 1.29 bits per heavy atom. The molecule has 0 aliphatic rings. The third-order valence-corrected chi connectivity index (χ3v) is 4.30. The smallest absolute Gasteiger partial charge is 0.165 e. The predicted molar refractivity (Wildman–Crippen MR) is 85.3 cm³/mol. The molecular weight excluding hydrogens is 307 g/mol. The highest BCUT2D eigenvalue weighted by Crippen LogP contribution is 2.18. The van der Waals surface area contributed by atoms with Gasteiger partial charge in [-0.2, -0.15) is 5.10 Å². The van der Waals surface area contributed by atoms with Gasteiger partial charge in [-0.05, 0) is 29.4 Å². The Labute approximate surface area is 130 Å². The summed E-state index contributed by atoms with van der Waals surface area (Å²) in [6, 6.07) is 10.8. The number of hydrogen-bond acceptors (Lipinski definition) is 3. The number of halogens is 1. The molecule has 1 N–H and O–H groups in total. The molecule has 2 heterocycles. The second kappa shape index (κ2) is 5.87. The SMILES string of the molecule is [B]c1ccc2c(NS(=O)Cc3ccccc3Cl)ncnn12. The highest BCUT2D eigenvalue weighted by Gasteiger charge is 2.10. The van der Waals surface area contributed by atoms with E-state index in [4.69, 9.17) is 19.4 Å². The van der Waals surface area contributed by atoms with Crippen LogP contribution in [0.4, 0.5) is 5.82 Å². The molecule has 5 nitrogen and oxygen atoms in total. The van der Waals surface area contributed by atoms with Gasteiger partial charge in [0.25, 0.3) is 0 Å². The molecule has 0 aliphatic heterocycles. The quantitative estimate of drug-likeness (QED) is 0.741. The lowest BCUT2D eigenvalue weighted by atomic mass is 10.1. The molecule has 8 heteroatoms. The Kier molecular flexibility index (Phi) is 3.94. The fourth-order valence-corrected chi connectivity index (χ4v) is 3.19. The Morgan fingerprint density at radius 3 is 2.90 bits per heavy atom. The lowest BCUT2D eigenvalue weighted by Gasteiger charge is -2.08. The summed E-state index contributed by atoms with van der Waals surface area (Å²) in [6.07, 6.45) is 1.36. The van der Waals surface area contributed by atoms with E-state index < -0.39 is 11.0 Å². The number of nitrogens with zero attached hydrogens (tertiary/aromatic N) is 3. The molecule has 0 fully saturated rings. The van der Waals surface area contributed by atoms with Gasteiger partial charge in [0.2, 0.25) is 0 Å². The molecule has 0 saturated heterocycles. The highest BCUT2D eigenvalue weighted by atomic mass is 35.5. The minimum absolute atomic E-state index is 0.284. The fourth-order valence-electron chi connectivity index (χ4n) is 1.93. The lowest BCUT2D eigenvalue weighted by Crippen LogP contribution is -2.15. The second-order valence-electron chi connectivity index (χ2n) is 4.35. The maximum absolute atomic E-state index is 12.2. The van der Waals surface area contributed by atoms with Crippen LogP contribution in [0.5, 0.6) is 0 Å². The summed E-state index contributed by atoms with van der Waals surface area (Å²) in [5, 5.41) is 4.62. The van der Waals surface area contributed by atoms with Crippen molar-refractivity contribution >= 4 is 47.4 Å². The van der Waals surface area contributed by atoms with Crippen molar-refractivity contribution < 1.29 is 4.21 Å². The molecule has 2 radical (unpaired) electrons. The Morgan fingerprint density at radius 2 is 2.10 bits per heavy atom. The first-order chi connectivity index (χ1) is 10.1. The molecule has 21 heavy (non-hydrogen) atoms. The van der Waals surface area contributed by atoms with Crippen molar-refractivity contribution in [3.8, 4) is 0 Å². The molecule has 1 aromatic carbocycles. The van der Waals surface area contributed by atoms with Crippen molar-refractivity contribution in [2.75, 3.05) is 4.72 Å². The number of benzene rings is 1. The molecule has 3 rings (SSSR count). The van der Waals surface area contributed by atoms with Gasteiger partial charge in [-0.1, -0.05) is 29.8 Å². The van der Waals surface area contributed by atoms with Crippen LogP contribution in [0.25, 0.3) is 5.52 Å². The number of hydrogen-bond donors (Lipinski definition) is 1. The standard InChI is InChI=1S/C13H10BClN4OS/c14-12-6-5-11-13(16-8-17-19(11)12)18-21(20)7-9-3-1-2-4-10(9)15/h1-6,8H,7H2,(H,16,17,18). The van der Waals surface area contributed by atoms with Gasteiger partial charge < -0.3 is 0 Å². The third kappa shape index (κ3) is 2.93. The van der Waals surface area contributed by atoms with Gasteiger partial charge >= 0.3 is 0 Å². The topological polar surface area (TPSA) is 59.3 Å². The van der Waals surface area contributed by atoms with Crippen LogP contribution >= 0.6 is 11.6 Å². The van der Waals surface area contributed by atoms with Gasteiger partial charge in [0.05, 0.1) is 5.75 Å². The minimum Gasteiger partial charge on any atom is -0.287 e. The first-order valence-corrected chi connectivity index (χ1v) is 7.81. The first-order valence-electron chi connectivity index (χ1n) is 6.12. The van der Waals surface area contributed by atoms with E-state index in [9.17, 15) is 4.21 Å². The molecule has 0 amide bonds. The van der Waals surface area contributed by atoms with E-state index in [0.717, 1.165) is 5.56 Å². The predicted octanol–water partition coefficient (Wildman–Crippen LogP) is 1.45. The number of anilines is 1. The van der Waals surface area contributed by atoms with Crippen molar-refractivity contribution in [3.05, 3.63) is 53.3 Å². The van der Waals surface area contributed by atoms with E-state index >= 15 is 0 Å². The monoisotopic (exact) mass is 316 g/mol.